The molecule has 4 aromatic rings. The van der Waals surface area contributed by atoms with E-state index in [2.05, 4.69) is 20.6 Å². The Morgan fingerprint density at radius 2 is 1.71 bits per heavy atom. The fourth-order valence-corrected chi connectivity index (χ4v) is 4.15. The number of aromatic nitrogens is 2. The number of hydrogen-bond acceptors (Lipinski definition) is 4. The molecular weight excluding hydrogens is 438 g/mol. The Hall–Kier alpha value is -3.97. The van der Waals surface area contributed by atoms with Crippen LogP contribution in [0.1, 0.15) is 35.7 Å². The Labute approximate surface area is 205 Å². The van der Waals surface area contributed by atoms with Crippen LogP contribution in [0.15, 0.2) is 85.2 Å². The molecule has 2 aromatic carbocycles. The van der Waals surface area contributed by atoms with Gasteiger partial charge in [-0.2, -0.15) is 0 Å². The van der Waals surface area contributed by atoms with E-state index in [1.54, 1.807) is 6.20 Å². The highest BCUT2D eigenvalue weighted by atomic mass is 16.2. The smallest absolute Gasteiger partial charge is 0.237 e. The van der Waals surface area contributed by atoms with Gasteiger partial charge in [0.1, 0.15) is 0 Å². The summed E-state index contributed by atoms with van der Waals surface area (Å²) in [5, 5.41) is 7.05. The predicted molar refractivity (Wildman–Crippen MR) is 137 cm³/mol. The second kappa shape index (κ2) is 11.9. The van der Waals surface area contributed by atoms with Gasteiger partial charge in [0.05, 0.1) is 12.1 Å². The average molecular weight is 470 g/mol. The molecule has 7 heteroatoms. The van der Waals surface area contributed by atoms with Gasteiger partial charge in [-0.1, -0.05) is 54.6 Å². The quantitative estimate of drug-likeness (QED) is 0.252. The van der Waals surface area contributed by atoms with Crippen LogP contribution in [0, 0.1) is 0 Å². The fourth-order valence-electron chi connectivity index (χ4n) is 4.15. The lowest BCUT2D eigenvalue weighted by atomic mass is 10.0. The summed E-state index contributed by atoms with van der Waals surface area (Å²) in [6.45, 7) is 0.393. The van der Waals surface area contributed by atoms with E-state index in [0.29, 0.717) is 32.2 Å². The third-order valence-corrected chi connectivity index (χ3v) is 6.01. The van der Waals surface area contributed by atoms with Crippen molar-refractivity contribution in [3.05, 3.63) is 102 Å². The normalized spacial score (nSPS) is 12.7. The summed E-state index contributed by atoms with van der Waals surface area (Å²) in [5.74, 6) is -0.278. The molecule has 0 saturated heterocycles. The molecule has 0 unspecified atom stereocenters. The number of nitrogens with zero attached hydrogens (tertiary/aromatic N) is 1. The lowest BCUT2D eigenvalue weighted by Crippen LogP contribution is -2.42. The number of aromatic amines is 1. The number of rotatable bonds is 11. The molecule has 0 spiro atoms. The van der Waals surface area contributed by atoms with Gasteiger partial charge in [-0.25, -0.2) is 0 Å². The Bertz CT molecular complexity index is 1240. The minimum absolute atomic E-state index is 0.0628. The number of nitrogens with one attached hydrogen (secondary N) is 3. The number of H-pyrrole nitrogens is 1. The first kappa shape index (κ1) is 24.2. The van der Waals surface area contributed by atoms with Crippen molar-refractivity contribution in [2.75, 3.05) is 6.54 Å². The zero-order valence-electron chi connectivity index (χ0n) is 19.6. The van der Waals surface area contributed by atoms with Gasteiger partial charge in [0, 0.05) is 48.4 Å². The number of nitrogens with two attached hydrogens (primary N) is 1. The molecule has 5 N–H and O–H groups in total. The highest BCUT2D eigenvalue weighted by molar-refractivity contribution is 5.86. The molecular formula is C28H31N5O2. The third kappa shape index (κ3) is 6.77. The summed E-state index contributed by atoms with van der Waals surface area (Å²) in [6.07, 6.45) is 5.55. The first-order valence-electron chi connectivity index (χ1n) is 11.9. The standard InChI is InChI=1S/C28H31N5O2/c29-24(17-21-19-32-25-13-5-4-12-23(21)25)28(35)31-16-8-14-27(34)33-26(20-9-2-1-3-10-20)18-22-11-6-7-15-30-22/h1-7,9-13,15,19,24,26,32H,8,14,16-18,29H2,(H,31,35)(H,33,34)/t24-,26-/m0/s1. The number of hydrogen-bond donors (Lipinski definition) is 4. The second-order valence-corrected chi connectivity index (χ2v) is 8.62. The van der Waals surface area contributed by atoms with E-state index in [-0.39, 0.29) is 17.9 Å². The molecule has 0 aliphatic carbocycles. The summed E-state index contributed by atoms with van der Waals surface area (Å²) in [7, 11) is 0. The maximum atomic E-state index is 12.7. The van der Waals surface area contributed by atoms with E-state index < -0.39 is 6.04 Å². The fraction of sp³-hybridized carbons (Fsp3) is 0.250. The van der Waals surface area contributed by atoms with E-state index in [4.69, 9.17) is 5.73 Å². The Kier molecular flexibility index (Phi) is 8.25. The lowest BCUT2D eigenvalue weighted by Gasteiger charge is -2.19. The molecule has 0 bridgehead atoms. The van der Waals surface area contributed by atoms with Crippen molar-refractivity contribution in [3.63, 3.8) is 0 Å². The highest BCUT2D eigenvalue weighted by Crippen LogP contribution is 2.19. The zero-order chi connectivity index (χ0) is 24.5. The number of amides is 2. The Morgan fingerprint density at radius 3 is 2.51 bits per heavy atom. The maximum absolute atomic E-state index is 12.7. The molecule has 0 saturated carbocycles. The summed E-state index contributed by atoms with van der Waals surface area (Å²) in [6, 6.07) is 22.8. The average Bonchev–Trinajstić information content (AvgIpc) is 3.30. The molecule has 0 aliphatic heterocycles. The number of carbonyl (C=O) groups excluding carboxylic acids is 2. The van der Waals surface area contributed by atoms with Gasteiger partial charge >= 0.3 is 0 Å². The van der Waals surface area contributed by atoms with Crippen LogP contribution >= 0.6 is 0 Å². The van der Waals surface area contributed by atoms with Crippen molar-refractivity contribution in [1.82, 2.24) is 20.6 Å². The topological polar surface area (TPSA) is 113 Å². The zero-order valence-corrected chi connectivity index (χ0v) is 19.6. The van der Waals surface area contributed by atoms with Gasteiger partial charge < -0.3 is 21.4 Å². The molecule has 0 aliphatic rings. The Morgan fingerprint density at radius 1 is 0.943 bits per heavy atom. The summed E-state index contributed by atoms with van der Waals surface area (Å²) >= 11 is 0. The first-order valence-corrected chi connectivity index (χ1v) is 11.9. The van der Waals surface area contributed by atoms with Crippen LogP contribution in [0.3, 0.4) is 0 Å². The molecule has 180 valence electrons. The maximum Gasteiger partial charge on any atom is 0.237 e. The lowest BCUT2D eigenvalue weighted by molar-refractivity contribution is -0.124. The van der Waals surface area contributed by atoms with Crippen molar-refractivity contribution in [1.29, 1.82) is 0 Å². The highest BCUT2D eigenvalue weighted by Gasteiger charge is 2.17. The van der Waals surface area contributed by atoms with Crippen molar-refractivity contribution in [3.8, 4) is 0 Å². The van der Waals surface area contributed by atoms with Gasteiger partial charge in [0.15, 0.2) is 0 Å². The molecule has 2 amide bonds. The second-order valence-electron chi connectivity index (χ2n) is 8.62. The third-order valence-electron chi connectivity index (χ3n) is 6.01. The molecule has 0 radical (unpaired) electrons. The number of para-hydroxylation sites is 1. The first-order chi connectivity index (χ1) is 17.1. The number of fused-ring (bicyclic) bond motifs is 1. The van der Waals surface area contributed by atoms with Crippen molar-refractivity contribution in [2.45, 2.75) is 37.8 Å². The van der Waals surface area contributed by atoms with Crippen molar-refractivity contribution < 1.29 is 9.59 Å². The predicted octanol–water partition coefficient (Wildman–Crippen LogP) is 3.43. The monoisotopic (exact) mass is 469 g/mol. The van der Waals surface area contributed by atoms with E-state index in [0.717, 1.165) is 27.7 Å². The van der Waals surface area contributed by atoms with Crippen LogP contribution in [0.4, 0.5) is 0 Å². The Balaban J connectivity index is 1.23. The van der Waals surface area contributed by atoms with E-state index in [1.165, 1.54) is 0 Å². The van der Waals surface area contributed by atoms with E-state index in [1.807, 2.05) is 79.0 Å². The SMILES string of the molecule is N[C@@H](Cc1c[nH]c2ccccc12)C(=O)NCCCC(=O)N[C@@H](Cc1ccccn1)c1ccccc1. The van der Waals surface area contributed by atoms with Crippen molar-refractivity contribution >= 4 is 22.7 Å². The van der Waals surface area contributed by atoms with Crippen LogP contribution in [0.2, 0.25) is 0 Å². The molecule has 4 rings (SSSR count). The largest absolute Gasteiger partial charge is 0.361 e. The van der Waals surface area contributed by atoms with Gasteiger partial charge in [0.2, 0.25) is 11.8 Å². The summed E-state index contributed by atoms with van der Waals surface area (Å²) in [4.78, 5) is 32.7. The van der Waals surface area contributed by atoms with Crippen LogP contribution in [-0.4, -0.2) is 34.4 Å². The van der Waals surface area contributed by atoms with Crippen LogP contribution < -0.4 is 16.4 Å². The van der Waals surface area contributed by atoms with E-state index >= 15 is 0 Å². The van der Waals surface area contributed by atoms with Crippen LogP contribution in [0.25, 0.3) is 10.9 Å². The van der Waals surface area contributed by atoms with Crippen LogP contribution in [0.5, 0.6) is 0 Å². The molecule has 2 aromatic heterocycles. The van der Waals surface area contributed by atoms with Crippen LogP contribution in [-0.2, 0) is 22.4 Å². The molecule has 2 atom stereocenters. The van der Waals surface area contributed by atoms with E-state index in [9.17, 15) is 9.59 Å². The minimum Gasteiger partial charge on any atom is -0.361 e. The molecule has 35 heavy (non-hydrogen) atoms. The van der Waals surface area contributed by atoms with Gasteiger partial charge in [0.25, 0.3) is 0 Å². The molecule has 7 nitrogen and oxygen atoms in total. The van der Waals surface area contributed by atoms with Crippen molar-refractivity contribution in [2.24, 2.45) is 5.73 Å². The van der Waals surface area contributed by atoms with Gasteiger partial charge in [-0.3, -0.25) is 14.6 Å². The molecule has 0 fully saturated rings. The minimum atomic E-state index is -0.649. The summed E-state index contributed by atoms with van der Waals surface area (Å²) < 4.78 is 0. The molecule has 2 heterocycles. The number of pyridine rings is 1. The number of carbonyl (C=O) groups is 2. The number of benzene rings is 2. The van der Waals surface area contributed by atoms with Gasteiger partial charge in [-0.05, 0) is 42.2 Å². The summed E-state index contributed by atoms with van der Waals surface area (Å²) in [5.41, 5.74) is 10.1. The van der Waals surface area contributed by atoms with Gasteiger partial charge in [-0.15, -0.1) is 0 Å².